The van der Waals surface area contributed by atoms with Crippen molar-refractivity contribution in [3.05, 3.63) is 29.3 Å². The zero-order valence-electron chi connectivity index (χ0n) is 14.3. The molecule has 4 nitrogen and oxygen atoms in total. The number of hydrogen-bond acceptors (Lipinski definition) is 4. The van der Waals surface area contributed by atoms with Gasteiger partial charge in [-0.15, -0.1) is 0 Å². The van der Waals surface area contributed by atoms with Gasteiger partial charge in [0.1, 0.15) is 5.75 Å². The first kappa shape index (κ1) is 17.6. The maximum Gasteiger partial charge on any atom is 0.167 e. The van der Waals surface area contributed by atoms with Crippen LogP contribution in [-0.2, 0) is 11.3 Å². The van der Waals surface area contributed by atoms with Crippen molar-refractivity contribution in [2.45, 2.75) is 31.9 Å². The molecule has 1 aromatic carbocycles. The lowest BCUT2D eigenvalue weighted by molar-refractivity contribution is 0.0306. The van der Waals surface area contributed by atoms with Gasteiger partial charge < -0.3 is 14.4 Å². The molecule has 0 unspecified atom stereocenters. The Morgan fingerprint density at radius 1 is 1.12 bits per heavy atom. The molecule has 0 aliphatic carbocycles. The number of methoxy groups -OCH3 is 1. The molecule has 2 aliphatic rings. The van der Waals surface area contributed by atoms with Crippen molar-refractivity contribution in [1.29, 1.82) is 0 Å². The topological polar surface area (TPSA) is 24.9 Å². The molecule has 24 heavy (non-hydrogen) atoms. The molecule has 6 heteroatoms. The molecule has 0 aromatic heterocycles. The van der Waals surface area contributed by atoms with Gasteiger partial charge in [-0.2, -0.15) is 0 Å². The van der Waals surface area contributed by atoms with Crippen molar-refractivity contribution >= 4 is 0 Å². The Hall–Kier alpha value is -1.24. The summed E-state index contributed by atoms with van der Waals surface area (Å²) in [5, 5.41) is 0. The van der Waals surface area contributed by atoms with Gasteiger partial charge in [-0.3, -0.25) is 4.90 Å². The molecule has 2 heterocycles. The third-order valence-electron chi connectivity index (χ3n) is 4.85. The second-order valence-electron chi connectivity index (χ2n) is 6.63. The highest BCUT2D eigenvalue weighted by Crippen LogP contribution is 2.26. The van der Waals surface area contributed by atoms with Crippen LogP contribution < -0.4 is 4.74 Å². The first-order valence-electron chi connectivity index (χ1n) is 8.74. The number of hydrogen-bond donors (Lipinski definition) is 0. The third kappa shape index (κ3) is 4.23. The first-order valence-corrected chi connectivity index (χ1v) is 8.74. The molecule has 2 fully saturated rings. The minimum atomic E-state index is -0.828. The Morgan fingerprint density at radius 3 is 2.62 bits per heavy atom. The number of benzene rings is 1. The van der Waals surface area contributed by atoms with E-state index in [0.717, 1.165) is 51.8 Å². The summed E-state index contributed by atoms with van der Waals surface area (Å²) in [5.74, 6) is -1.24. The number of ether oxygens (including phenoxy) is 2. The molecular formula is C18H26F2N2O2. The normalized spacial score (nSPS) is 23.4. The fraction of sp³-hybridized carbons (Fsp3) is 0.667. The van der Waals surface area contributed by atoms with Crippen LogP contribution in [0.2, 0.25) is 0 Å². The summed E-state index contributed by atoms with van der Waals surface area (Å²) >= 11 is 0. The fourth-order valence-electron chi connectivity index (χ4n) is 3.61. The van der Waals surface area contributed by atoms with E-state index in [1.165, 1.54) is 26.0 Å². The van der Waals surface area contributed by atoms with Gasteiger partial charge in [-0.05, 0) is 44.5 Å². The van der Waals surface area contributed by atoms with Gasteiger partial charge in [0.15, 0.2) is 11.6 Å². The average Bonchev–Trinajstić information content (AvgIpc) is 2.98. The van der Waals surface area contributed by atoms with E-state index in [9.17, 15) is 8.78 Å². The summed E-state index contributed by atoms with van der Waals surface area (Å²) in [6.07, 6.45) is 3.52. The van der Waals surface area contributed by atoms with E-state index >= 15 is 0 Å². The summed E-state index contributed by atoms with van der Waals surface area (Å²) in [4.78, 5) is 4.58. The maximum absolute atomic E-state index is 14.2. The van der Waals surface area contributed by atoms with Gasteiger partial charge in [-0.25, -0.2) is 8.78 Å². The predicted molar refractivity (Wildman–Crippen MR) is 88.2 cm³/mol. The summed E-state index contributed by atoms with van der Waals surface area (Å²) < 4.78 is 39.0. The molecule has 0 saturated carbocycles. The van der Waals surface area contributed by atoms with Crippen LogP contribution in [0.25, 0.3) is 0 Å². The van der Waals surface area contributed by atoms with Gasteiger partial charge in [0.25, 0.3) is 0 Å². The highest BCUT2D eigenvalue weighted by Gasteiger charge is 2.25. The van der Waals surface area contributed by atoms with Crippen LogP contribution in [0.5, 0.6) is 5.75 Å². The Bertz CT molecular complexity index is 550. The largest absolute Gasteiger partial charge is 0.496 e. The Morgan fingerprint density at radius 2 is 1.88 bits per heavy atom. The molecule has 0 N–H and O–H groups in total. The highest BCUT2D eigenvalue weighted by molar-refractivity contribution is 5.35. The van der Waals surface area contributed by atoms with E-state index in [-0.39, 0.29) is 6.10 Å². The van der Waals surface area contributed by atoms with Crippen LogP contribution in [0.15, 0.2) is 12.1 Å². The highest BCUT2D eigenvalue weighted by atomic mass is 19.2. The first-order chi connectivity index (χ1) is 11.7. The molecule has 0 amide bonds. The van der Waals surface area contributed by atoms with Crippen LogP contribution in [0.3, 0.4) is 0 Å². The summed E-state index contributed by atoms with van der Waals surface area (Å²) in [7, 11) is 1.48. The SMILES string of the molecule is COc1ccc(F)c(F)c1CN1CCCO[C@@H](CN2CCCC2)C1. The van der Waals surface area contributed by atoms with Crippen LogP contribution in [0, 0.1) is 11.6 Å². The molecule has 3 rings (SSSR count). The minimum Gasteiger partial charge on any atom is -0.496 e. The predicted octanol–water partition coefficient (Wildman–Crippen LogP) is 2.66. The van der Waals surface area contributed by atoms with E-state index in [2.05, 4.69) is 9.80 Å². The molecule has 0 radical (unpaired) electrons. The lowest BCUT2D eigenvalue weighted by Gasteiger charge is -2.27. The van der Waals surface area contributed by atoms with E-state index in [1.807, 2.05) is 0 Å². The van der Waals surface area contributed by atoms with Crippen molar-refractivity contribution in [2.24, 2.45) is 0 Å². The van der Waals surface area contributed by atoms with Crippen LogP contribution >= 0.6 is 0 Å². The maximum atomic E-state index is 14.2. The van der Waals surface area contributed by atoms with Gasteiger partial charge in [-0.1, -0.05) is 0 Å². The Labute approximate surface area is 142 Å². The zero-order valence-corrected chi connectivity index (χ0v) is 14.3. The standard InChI is InChI=1S/C18H26F2N2O2/c1-23-17-6-5-16(19)18(20)15(17)13-22-9-4-10-24-14(12-22)11-21-7-2-3-8-21/h5-6,14H,2-4,7-13H2,1H3/t14-/m0/s1. The van der Waals surface area contributed by atoms with Crippen LogP contribution in [-0.4, -0.2) is 62.3 Å². The van der Waals surface area contributed by atoms with E-state index in [4.69, 9.17) is 9.47 Å². The lowest BCUT2D eigenvalue weighted by Crippen LogP contribution is -2.39. The van der Waals surface area contributed by atoms with Gasteiger partial charge in [0.2, 0.25) is 0 Å². The van der Waals surface area contributed by atoms with Crippen molar-refractivity contribution in [1.82, 2.24) is 9.80 Å². The molecular weight excluding hydrogens is 314 g/mol. The molecule has 134 valence electrons. The Balaban J connectivity index is 1.68. The molecule has 1 aromatic rings. The Kier molecular flexibility index (Phi) is 6.03. The molecule has 2 saturated heterocycles. The van der Waals surface area contributed by atoms with Crippen LogP contribution in [0.4, 0.5) is 8.78 Å². The van der Waals surface area contributed by atoms with E-state index in [0.29, 0.717) is 17.9 Å². The quantitative estimate of drug-likeness (QED) is 0.823. The smallest absolute Gasteiger partial charge is 0.167 e. The van der Waals surface area contributed by atoms with E-state index < -0.39 is 11.6 Å². The summed E-state index contributed by atoms with van der Waals surface area (Å²) in [6.45, 7) is 5.79. The monoisotopic (exact) mass is 340 g/mol. The number of rotatable bonds is 5. The second-order valence-corrected chi connectivity index (χ2v) is 6.63. The van der Waals surface area contributed by atoms with Crippen molar-refractivity contribution in [3.8, 4) is 5.75 Å². The van der Waals surface area contributed by atoms with Crippen molar-refractivity contribution in [2.75, 3.05) is 46.4 Å². The number of halogens is 2. The zero-order chi connectivity index (χ0) is 16.9. The van der Waals surface area contributed by atoms with Crippen molar-refractivity contribution < 1.29 is 18.3 Å². The fourth-order valence-corrected chi connectivity index (χ4v) is 3.61. The third-order valence-corrected chi connectivity index (χ3v) is 4.85. The molecule has 0 spiro atoms. The lowest BCUT2D eigenvalue weighted by atomic mass is 10.1. The molecule has 0 bridgehead atoms. The van der Waals surface area contributed by atoms with Crippen molar-refractivity contribution in [3.63, 3.8) is 0 Å². The average molecular weight is 340 g/mol. The molecule has 1 atom stereocenters. The number of nitrogens with zero attached hydrogens (tertiary/aromatic N) is 2. The molecule has 2 aliphatic heterocycles. The summed E-state index contributed by atoms with van der Waals surface area (Å²) in [6, 6.07) is 2.60. The van der Waals surface area contributed by atoms with E-state index in [1.54, 1.807) is 0 Å². The summed E-state index contributed by atoms with van der Waals surface area (Å²) in [5.41, 5.74) is 0.291. The second kappa shape index (κ2) is 8.23. The van der Waals surface area contributed by atoms with Crippen LogP contribution in [0.1, 0.15) is 24.8 Å². The van der Waals surface area contributed by atoms with Gasteiger partial charge in [0.05, 0.1) is 13.2 Å². The minimum absolute atomic E-state index is 0.119. The van der Waals surface area contributed by atoms with Gasteiger partial charge >= 0.3 is 0 Å². The number of likely N-dealkylation sites (tertiary alicyclic amines) is 1. The van der Waals surface area contributed by atoms with Gasteiger partial charge in [0, 0.05) is 38.3 Å².